The van der Waals surface area contributed by atoms with Gasteiger partial charge in [0.15, 0.2) is 0 Å². The average Bonchev–Trinajstić information content (AvgIpc) is 2.62. The van der Waals surface area contributed by atoms with Crippen LogP contribution < -0.4 is 5.73 Å². The zero-order chi connectivity index (χ0) is 16.2. The summed E-state index contributed by atoms with van der Waals surface area (Å²) in [6.45, 7) is 0.428. The molecule has 3 nitrogen and oxygen atoms in total. The van der Waals surface area contributed by atoms with Crippen LogP contribution in [0.15, 0.2) is 60.8 Å². The molecule has 0 radical (unpaired) electrons. The molecule has 2 N–H and O–H groups in total. The average molecular weight is 320 g/mol. The minimum Gasteiger partial charge on any atom is -0.326 e. The number of pyridine rings is 1. The molecule has 2 aromatic carbocycles. The van der Waals surface area contributed by atoms with Gasteiger partial charge in [-0.3, -0.25) is 4.98 Å². The van der Waals surface area contributed by atoms with Crippen molar-refractivity contribution >= 4 is 11.6 Å². The Morgan fingerprint density at radius 2 is 1.65 bits per heavy atom. The zero-order valence-corrected chi connectivity index (χ0v) is 13.1. The third-order valence-corrected chi connectivity index (χ3v) is 3.87. The highest BCUT2D eigenvalue weighted by Crippen LogP contribution is 2.31. The fourth-order valence-corrected chi connectivity index (χ4v) is 2.53. The van der Waals surface area contributed by atoms with Gasteiger partial charge in [-0.15, -0.1) is 0 Å². The summed E-state index contributed by atoms with van der Waals surface area (Å²) in [7, 11) is 0. The minimum atomic E-state index is 0.428. The maximum Gasteiger partial charge on any atom is 0.0991 e. The normalized spacial score (nSPS) is 10.3. The van der Waals surface area contributed by atoms with Gasteiger partial charge in [0, 0.05) is 28.9 Å². The van der Waals surface area contributed by atoms with Crippen LogP contribution in [0.4, 0.5) is 0 Å². The number of halogens is 1. The Hall–Kier alpha value is -2.67. The molecule has 23 heavy (non-hydrogen) atoms. The number of nitrogens with zero attached hydrogens (tertiary/aromatic N) is 2. The third kappa shape index (κ3) is 3.24. The van der Waals surface area contributed by atoms with Crippen LogP contribution in [0.2, 0.25) is 5.02 Å². The van der Waals surface area contributed by atoms with Crippen molar-refractivity contribution in [3.05, 3.63) is 76.9 Å². The Morgan fingerprint density at radius 1 is 1.00 bits per heavy atom. The van der Waals surface area contributed by atoms with E-state index in [0.29, 0.717) is 17.1 Å². The highest BCUT2D eigenvalue weighted by Gasteiger charge is 2.10. The smallest absolute Gasteiger partial charge is 0.0991 e. The number of hydrogen-bond acceptors (Lipinski definition) is 3. The van der Waals surface area contributed by atoms with Crippen LogP contribution in [0, 0.1) is 11.3 Å². The molecular formula is C19H14ClN3. The lowest BCUT2D eigenvalue weighted by molar-refractivity contribution is 1.05. The van der Waals surface area contributed by atoms with Crippen molar-refractivity contribution in [1.29, 1.82) is 5.26 Å². The molecule has 0 aliphatic carbocycles. The monoisotopic (exact) mass is 319 g/mol. The summed E-state index contributed by atoms with van der Waals surface area (Å²) in [4.78, 5) is 4.58. The van der Waals surface area contributed by atoms with Crippen LogP contribution in [0.1, 0.15) is 11.1 Å². The van der Waals surface area contributed by atoms with Crippen LogP contribution in [-0.4, -0.2) is 4.98 Å². The first kappa shape index (κ1) is 15.2. The van der Waals surface area contributed by atoms with Gasteiger partial charge < -0.3 is 5.73 Å². The number of nitrogens with two attached hydrogens (primary N) is 1. The van der Waals surface area contributed by atoms with E-state index in [2.05, 4.69) is 11.1 Å². The first-order chi connectivity index (χ1) is 11.2. The van der Waals surface area contributed by atoms with Crippen LogP contribution in [0.25, 0.3) is 22.4 Å². The molecule has 0 bridgehead atoms. The molecule has 0 spiro atoms. The van der Waals surface area contributed by atoms with Gasteiger partial charge in [-0.2, -0.15) is 5.26 Å². The van der Waals surface area contributed by atoms with Gasteiger partial charge in [0.05, 0.1) is 17.3 Å². The molecule has 0 saturated carbocycles. The largest absolute Gasteiger partial charge is 0.326 e. The van der Waals surface area contributed by atoms with Gasteiger partial charge in [0.2, 0.25) is 0 Å². The Bertz CT molecular complexity index is 863. The first-order valence-electron chi connectivity index (χ1n) is 7.16. The Balaban J connectivity index is 2.16. The van der Waals surface area contributed by atoms with Gasteiger partial charge in [0.1, 0.15) is 0 Å². The molecule has 1 heterocycles. The second-order valence-electron chi connectivity index (χ2n) is 5.14. The minimum absolute atomic E-state index is 0.428. The number of hydrogen-bond donors (Lipinski definition) is 1. The van der Waals surface area contributed by atoms with Gasteiger partial charge in [-0.25, -0.2) is 0 Å². The van der Waals surface area contributed by atoms with Crippen molar-refractivity contribution in [2.24, 2.45) is 5.73 Å². The number of aromatic nitrogens is 1. The lowest BCUT2D eigenvalue weighted by Gasteiger charge is -2.11. The summed E-state index contributed by atoms with van der Waals surface area (Å²) >= 11 is 5.97. The van der Waals surface area contributed by atoms with Crippen molar-refractivity contribution in [3.63, 3.8) is 0 Å². The molecule has 3 rings (SSSR count). The zero-order valence-electron chi connectivity index (χ0n) is 12.3. The number of rotatable bonds is 3. The van der Waals surface area contributed by atoms with Crippen LogP contribution in [0.3, 0.4) is 0 Å². The molecule has 1 aromatic heterocycles. The van der Waals surface area contributed by atoms with Gasteiger partial charge in [-0.05, 0) is 41.5 Å². The fourth-order valence-electron chi connectivity index (χ4n) is 2.40. The maximum absolute atomic E-state index is 8.95. The number of nitriles is 1. The first-order valence-corrected chi connectivity index (χ1v) is 7.54. The molecule has 112 valence electrons. The summed E-state index contributed by atoms with van der Waals surface area (Å²) in [5.41, 5.74) is 11.2. The molecule has 0 amide bonds. The predicted octanol–water partition coefficient (Wildman–Crippen LogP) is 4.40. The molecule has 0 aliphatic rings. The Kier molecular flexibility index (Phi) is 4.38. The van der Waals surface area contributed by atoms with E-state index in [-0.39, 0.29) is 0 Å². The Morgan fingerprint density at radius 3 is 2.26 bits per heavy atom. The second kappa shape index (κ2) is 6.62. The van der Waals surface area contributed by atoms with Crippen molar-refractivity contribution in [2.75, 3.05) is 0 Å². The van der Waals surface area contributed by atoms with E-state index in [9.17, 15) is 0 Å². The summed E-state index contributed by atoms with van der Waals surface area (Å²) in [6, 6.07) is 19.2. The Labute approximate surface area is 140 Å². The van der Waals surface area contributed by atoms with Gasteiger partial charge in [-0.1, -0.05) is 35.9 Å². The van der Waals surface area contributed by atoms with E-state index in [1.165, 1.54) is 0 Å². The fraction of sp³-hybridized carbons (Fsp3) is 0.0526. The van der Waals surface area contributed by atoms with E-state index in [1.54, 1.807) is 18.3 Å². The summed E-state index contributed by atoms with van der Waals surface area (Å²) in [6.07, 6.45) is 1.79. The molecule has 0 saturated heterocycles. The maximum atomic E-state index is 8.95. The van der Waals surface area contributed by atoms with Gasteiger partial charge in [0.25, 0.3) is 0 Å². The molecule has 0 atom stereocenters. The van der Waals surface area contributed by atoms with Crippen molar-refractivity contribution in [1.82, 2.24) is 4.98 Å². The van der Waals surface area contributed by atoms with Crippen LogP contribution in [0.5, 0.6) is 0 Å². The topological polar surface area (TPSA) is 62.7 Å². The standard InChI is InChI=1S/C19H14ClN3/c20-17-7-5-16(6-8-17)19-18(9-14(11-22)12-23-19)15-3-1-13(10-21)2-4-15/h1-9,12H,11,22H2. The molecule has 0 fully saturated rings. The molecule has 0 aliphatic heterocycles. The van der Waals surface area contributed by atoms with E-state index >= 15 is 0 Å². The van der Waals surface area contributed by atoms with Crippen molar-refractivity contribution < 1.29 is 0 Å². The van der Waals surface area contributed by atoms with E-state index < -0.39 is 0 Å². The number of benzene rings is 2. The second-order valence-corrected chi connectivity index (χ2v) is 5.58. The highest BCUT2D eigenvalue weighted by molar-refractivity contribution is 6.30. The summed E-state index contributed by atoms with van der Waals surface area (Å²) < 4.78 is 0. The lowest BCUT2D eigenvalue weighted by Crippen LogP contribution is -1.99. The molecule has 4 heteroatoms. The van der Waals surface area contributed by atoms with E-state index in [4.69, 9.17) is 22.6 Å². The quantitative estimate of drug-likeness (QED) is 0.778. The van der Waals surface area contributed by atoms with Crippen molar-refractivity contribution in [3.8, 4) is 28.5 Å². The highest BCUT2D eigenvalue weighted by atomic mass is 35.5. The summed E-state index contributed by atoms with van der Waals surface area (Å²) in [5.74, 6) is 0. The third-order valence-electron chi connectivity index (χ3n) is 3.62. The predicted molar refractivity (Wildman–Crippen MR) is 92.7 cm³/mol. The summed E-state index contributed by atoms with van der Waals surface area (Å²) in [5, 5.41) is 9.64. The van der Waals surface area contributed by atoms with E-state index in [0.717, 1.165) is 27.9 Å². The van der Waals surface area contributed by atoms with Crippen molar-refractivity contribution in [2.45, 2.75) is 6.54 Å². The van der Waals surface area contributed by atoms with Gasteiger partial charge >= 0.3 is 0 Å². The van der Waals surface area contributed by atoms with E-state index in [1.807, 2.05) is 42.5 Å². The van der Waals surface area contributed by atoms with Crippen LogP contribution in [-0.2, 0) is 6.54 Å². The lowest BCUT2D eigenvalue weighted by atomic mass is 9.97. The SMILES string of the molecule is N#Cc1ccc(-c2cc(CN)cnc2-c2ccc(Cl)cc2)cc1. The van der Waals surface area contributed by atoms with Crippen LogP contribution >= 0.6 is 11.6 Å². The molecule has 3 aromatic rings. The molecular weight excluding hydrogens is 306 g/mol. The molecule has 0 unspecified atom stereocenters.